The van der Waals surface area contributed by atoms with Gasteiger partial charge in [-0.25, -0.2) is 0 Å². The lowest BCUT2D eigenvalue weighted by Gasteiger charge is -2.16. The number of rotatable bonds is 9. The molecule has 8 nitrogen and oxygen atoms in total. The Hall–Kier alpha value is -5.24. The van der Waals surface area contributed by atoms with Crippen molar-refractivity contribution in [2.24, 2.45) is 0 Å². The van der Waals surface area contributed by atoms with Gasteiger partial charge in [-0.05, 0) is 29.8 Å². The molecule has 202 valence electrons. The fourth-order valence-electron chi connectivity index (χ4n) is 4.16. The lowest BCUT2D eigenvalue weighted by atomic mass is 9.94. The van der Waals surface area contributed by atoms with E-state index in [4.69, 9.17) is 18.9 Å². The van der Waals surface area contributed by atoms with Crippen molar-refractivity contribution in [2.75, 3.05) is 14.2 Å². The van der Waals surface area contributed by atoms with E-state index in [1.165, 1.54) is 46.3 Å². The van der Waals surface area contributed by atoms with Crippen molar-refractivity contribution in [1.82, 2.24) is 0 Å². The predicted octanol–water partition coefficient (Wildman–Crippen LogP) is 5.68. The van der Waals surface area contributed by atoms with E-state index >= 15 is 0 Å². The van der Waals surface area contributed by atoms with E-state index in [2.05, 4.69) is 0 Å². The molecule has 0 amide bonds. The van der Waals surface area contributed by atoms with Gasteiger partial charge >= 0.3 is 11.9 Å². The van der Waals surface area contributed by atoms with Gasteiger partial charge in [0.2, 0.25) is 0 Å². The molecule has 4 aromatic rings. The molecule has 0 heterocycles. The summed E-state index contributed by atoms with van der Waals surface area (Å²) in [5.41, 5.74) is 2.11. The van der Waals surface area contributed by atoms with Gasteiger partial charge < -0.3 is 18.9 Å². The lowest BCUT2D eigenvalue weighted by molar-refractivity contribution is -0.132. The van der Waals surface area contributed by atoms with E-state index in [0.29, 0.717) is 33.8 Å². The summed E-state index contributed by atoms with van der Waals surface area (Å²) in [7, 11) is 2.92. The van der Waals surface area contributed by atoms with Crippen LogP contribution in [0.3, 0.4) is 0 Å². The van der Waals surface area contributed by atoms with Crippen LogP contribution in [0.15, 0.2) is 84.9 Å². The minimum Gasteiger partial charge on any atom is -0.497 e. The van der Waals surface area contributed by atoms with Gasteiger partial charge in [-0.2, -0.15) is 0 Å². The fourth-order valence-corrected chi connectivity index (χ4v) is 4.16. The summed E-state index contributed by atoms with van der Waals surface area (Å²) in [4.78, 5) is 50.5. The molecule has 8 heteroatoms. The minimum absolute atomic E-state index is 0.0541. The van der Waals surface area contributed by atoms with E-state index < -0.39 is 17.7 Å². The SMILES string of the molecule is COc1ccc(C(=O)c2cccc(-c3cc(C(=O)c4ccccc4)c(OC(C)=O)cc3OC)c2)c(OC(C)=O)c1. The summed E-state index contributed by atoms with van der Waals surface area (Å²) < 4.78 is 21.4. The minimum atomic E-state index is -0.590. The highest BCUT2D eigenvalue weighted by molar-refractivity contribution is 6.13. The summed E-state index contributed by atoms with van der Waals surface area (Å²) in [6.07, 6.45) is 0. The Labute approximate surface area is 231 Å². The average molecular weight is 539 g/mol. The van der Waals surface area contributed by atoms with Crippen LogP contribution in [-0.2, 0) is 9.59 Å². The highest BCUT2D eigenvalue weighted by atomic mass is 16.5. The third-order valence-electron chi connectivity index (χ3n) is 5.96. The molecule has 0 aliphatic rings. The van der Waals surface area contributed by atoms with Crippen molar-refractivity contribution in [2.45, 2.75) is 13.8 Å². The standard InChI is InChI=1S/C32H26O8/c1-19(33)39-29-16-24(37-3)13-14-25(29)32(36)23-12-8-11-22(15-23)26-17-27(31(35)21-9-6-5-7-10-21)30(40-20(2)34)18-28(26)38-4/h5-18H,1-4H3. The second kappa shape index (κ2) is 12.1. The highest BCUT2D eigenvalue weighted by Gasteiger charge is 2.22. The van der Waals surface area contributed by atoms with E-state index in [0.717, 1.165) is 0 Å². The van der Waals surface area contributed by atoms with Gasteiger partial charge in [0, 0.05) is 42.7 Å². The zero-order valence-corrected chi connectivity index (χ0v) is 22.3. The summed E-state index contributed by atoms with van der Waals surface area (Å²) in [5.74, 6) is -1.03. The van der Waals surface area contributed by atoms with Crippen LogP contribution in [0.5, 0.6) is 23.0 Å². The van der Waals surface area contributed by atoms with Gasteiger partial charge in [0.25, 0.3) is 0 Å². The molecule has 0 aliphatic heterocycles. The van der Waals surface area contributed by atoms with E-state index in [-0.39, 0.29) is 28.4 Å². The maximum atomic E-state index is 13.5. The molecule has 0 aliphatic carbocycles. The van der Waals surface area contributed by atoms with E-state index in [1.54, 1.807) is 66.7 Å². The molecular weight excluding hydrogens is 512 g/mol. The lowest BCUT2D eigenvalue weighted by Crippen LogP contribution is -2.10. The molecule has 0 spiro atoms. The van der Waals surface area contributed by atoms with Gasteiger partial charge in [0.1, 0.15) is 23.0 Å². The Bertz CT molecular complexity index is 1610. The molecule has 0 saturated heterocycles. The first-order valence-electron chi connectivity index (χ1n) is 12.2. The second-order valence-corrected chi connectivity index (χ2v) is 8.70. The maximum absolute atomic E-state index is 13.5. The van der Waals surface area contributed by atoms with Crippen molar-refractivity contribution in [1.29, 1.82) is 0 Å². The van der Waals surface area contributed by atoms with Crippen molar-refractivity contribution < 1.29 is 38.1 Å². The van der Waals surface area contributed by atoms with Crippen LogP contribution in [0.2, 0.25) is 0 Å². The van der Waals surface area contributed by atoms with Crippen molar-refractivity contribution in [3.63, 3.8) is 0 Å². The molecular formula is C32H26O8. The molecule has 0 atom stereocenters. The maximum Gasteiger partial charge on any atom is 0.308 e. The largest absolute Gasteiger partial charge is 0.497 e. The molecule has 0 bridgehead atoms. The average Bonchev–Trinajstić information content (AvgIpc) is 2.96. The topological polar surface area (TPSA) is 105 Å². The molecule has 0 saturated carbocycles. The normalized spacial score (nSPS) is 10.4. The smallest absolute Gasteiger partial charge is 0.308 e. The number of hydrogen-bond donors (Lipinski definition) is 0. The summed E-state index contributed by atoms with van der Waals surface area (Å²) in [6, 6.07) is 23.0. The van der Waals surface area contributed by atoms with Crippen molar-refractivity contribution >= 4 is 23.5 Å². The third-order valence-corrected chi connectivity index (χ3v) is 5.96. The van der Waals surface area contributed by atoms with E-state index in [1.807, 2.05) is 0 Å². The monoisotopic (exact) mass is 538 g/mol. The fraction of sp³-hybridized carbons (Fsp3) is 0.125. The zero-order valence-electron chi connectivity index (χ0n) is 22.3. The Morgan fingerprint density at radius 3 is 1.80 bits per heavy atom. The summed E-state index contributed by atoms with van der Waals surface area (Å²) in [5, 5.41) is 0. The molecule has 0 aromatic heterocycles. The Morgan fingerprint density at radius 2 is 1.18 bits per heavy atom. The Balaban J connectivity index is 1.82. The molecule has 0 radical (unpaired) electrons. The van der Waals surface area contributed by atoms with Gasteiger partial charge in [0.15, 0.2) is 11.6 Å². The highest BCUT2D eigenvalue weighted by Crippen LogP contribution is 2.38. The first-order chi connectivity index (χ1) is 19.2. The van der Waals surface area contributed by atoms with Crippen LogP contribution >= 0.6 is 0 Å². The number of carbonyl (C=O) groups excluding carboxylic acids is 4. The number of carbonyl (C=O) groups is 4. The zero-order chi connectivity index (χ0) is 28.8. The van der Waals surface area contributed by atoms with Crippen LogP contribution in [0.25, 0.3) is 11.1 Å². The molecule has 0 N–H and O–H groups in total. The van der Waals surface area contributed by atoms with Crippen molar-refractivity contribution in [3.05, 3.63) is 107 Å². The molecule has 0 fully saturated rings. The van der Waals surface area contributed by atoms with Crippen LogP contribution < -0.4 is 18.9 Å². The number of methoxy groups -OCH3 is 2. The molecule has 40 heavy (non-hydrogen) atoms. The van der Waals surface area contributed by atoms with Gasteiger partial charge in [-0.3, -0.25) is 19.2 Å². The summed E-state index contributed by atoms with van der Waals surface area (Å²) >= 11 is 0. The molecule has 4 aromatic carbocycles. The third kappa shape index (κ3) is 6.07. The predicted molar refractivity (Wildman–Crippen MR) is 147 cm³/mol. The second-order valence-electron chi connectivity index (χ2n) is 8.70. The first-order valence-corrected chi connectivity index (χ1v) is 12.2. The van der Waals surface area contributed by atoms with E-state index in [9.17, 15) is 19.2 Å². The van der Waals surface area contributed by atoms with Crippen molar-refractivity contribution in [3.8, 4) is 34.1 Å². The summed E-state index contributed by atoms with van der Waals surface area (Å²) in [6.45, 7) is 2.49. The van der Waals surface area contributed by atoms with Crippen LogP contribution in [0.1, 0.15) is 45.7 Å². The van der Waals surface area contributed by atoms with Crippen LogP contribution in [-0.4, -0.2) is 37.7 Å². The quantitative estimate of drug-likeness (QED) is 0.152. The van der Waals surface area contributed by atoms with Crippen LogP contribution in [0.4, 0.5) is 0 Å². The Morgan fingerprint density at radius 1 is 0.550 bits per heavy atom. The number of ether oxygens (including phenoxy) is 4. The Kier molecular flexibility index (Phi) is 8.39. The molecule has 4 rings (SSSR count). The van der Waals surface area contributed by atoms with Gasteiger partial charge in [-0.1, -0.05) is 48.5 Å². The van der Waals surface area contributed by atoms with Gasteiger partial charge in [-0.15, -0.1) is 0 Å². The number of hydrogen-bond acceptors (Lipinski definition) is 8. The van der Waals surface area contributed by atoms with Crippen LogP contribution in [0, 0.1) is 0 Å². The van der Waals surface area contributed by atoms with Gasteiger partial charge in [0.05, 0.1) is 25.3 Å². The number of ketones is 2. The number of benzene rings is 4. The number of esters is 2. The molecule has 0 unspecified atom stereocenters. The first kappa shape index (κ1) is 27.8.